The number of nitrogens with two attached hydrogens (primary N) is 1. The molecule has 0 amide bonds. The number of fused-ring (bicyclic) bond motifs is 1. The molecular weight excluding hydrogens is 322 g/mol. The smallest absolute Gasteiger partial charge is 0.0624 e. The third kappa shape index (κ3) is 3.72. The van der Waals surface area contributed by atoms with E-state index in [1.54, 1.807) is 0 Å². The van der Waals surface area contributed by atoms with Gasteiger partial charge in [0.05, 0.1) is 12.3 Å². The number of hydrogen-bond donors (Lipinski definition) is 2. The van der Waals surface area contributed by atoms with Crippen LogP contribution in [-0.4, -0.2) is 27.0 Å². The number of aromatic nitrogens is 2. The first-order valence-electron chi connectivity index (χ1n) is 10.0. The van der Waals surface area contributed by atoms with Gasteiger partial charge >= 0.3 is 0 Å². The Balaban J connectivity index is 1.38. The van der Waals surface area contributed by atoms with Crippen LogP contribution in [-0.2, 0) is 26.3 Å². The standard InChI is InChI=1S/C22H31N3O/c1-25-11-9-21(24-25)7-3-16-2-4-18-13-19(6-5-17(18)12-16)20-8-10-22(23,14-20)15-26/h5-6,9,11,13,16,20,26H,2-4,7-8,10,12,14-15,23H2,1H3/t16-,20+,22-/m1/s1. The van der Waals surface area contributed by atoms with Crippen molar-refractivity contribution in [3.05, 3.63) is 52.8 Å². The number of aryl methyl sites for hydroxylation is 3. The van der Waals surface area contributed by atoms with E-state index in [0.717, 1.165) is 31.6 Å². The number of rotatable bonds is 5. The van der Waals surface area contributed by atoms with Gasteiger partial charge in [0, 0.05) is 18.8 Å². The number of aliphatic hydroxyl groups is 1. The zero-order chi connectivity index (χ0) is 18.1. The van der Waals surface area contributed by atoms with Crippen LogP contribution in [0.1, 0.15) is 60.4 Å². The first-order valence-corrected chi connectivity index (χ1v) is 10.0. The Morgan fingerprint density at radius 2 is 2.15 bits per heavy atom. The lowest BCUT2D eigenvalue weighted by atomic mass is 9.79. The molecular formula is C22H31N3O. The Kier molecular flexibility index (Phi) is 4.89. The molecule has 4 nitrogen and oxygen atoms in total. The monoisotopic (exact) mass is 353 g/mol. The van der Waals surface area contributed by atoms with Crippen LogP contribution < -0.4 is 5.73 Å². The number of aliphatic hydroxyl groups excluding tert-OH is 1. The molecule has 4 heteroatoms. The second kappa shape index (κ2) is 7.16. The van der Waals surface area contributed by atoms with E-state index >= 15 is 0 Å². The molecule has 3 N–H and O–H groups in total. The average Bonchev–Trinajstić information content (AvgIpc) is 3.26. The van der Waals surface area contributed by atoms with Gasteiger partial charge < -0.3 is 10.8 Å². The molecule has 0 spiro atoms. The molecule has 1 aromatic carbocycles. The molecule has 0 aliphatic heterocycles. The lowest BCUT2D eigenvalue weighted by Gasteiger charge is -2.26. The van der Waals surface area contributed by atoms with Gasteiger partial charge in [0.15, 0.2) is 0 Å². The Bertz CT molecular complexity index is 768. The van der Waals surface area contributed by atoms with E-state index in [1.807, 2.05) is 17.9 Å². The number of hydrogen-bond acceptors (Lipinski definition) is 3. The van der Waals surface area contributed by atoms with E-state index in [1.165, 1.54) is 48.1 Å². The quantitative estimate of drug-likeness (QED) is 0.868. The summed E-state index contributed by atoms with van der Waals surface area (Å²) in [6.07, 6.45) is 11.0. The van der Waals surface area contributed by atoms with E-state index < -0.39 is 0 Å². The molecule has 26 heavy (non-hydrogen) atoms. The Morgan fingerprint density at radius 1 is 1.27 bits per heavy atom. The van der Waals surface area contributed by atoms with Gasteiger partial charge in [0.25, 0.3) is 0 Å². The molecule has 0 unspecified atom stereocenters. The second-order valence-corrected chi connectivity index (χ2v) is 8.62. The molecule has 0 radical (unpaired) electrons. The maximum absolute atomic E-state index is 9.51. The lowest BCUT2D eigenvalue weighted by Crippen LogP contribution is -2.40. The van der Waals surface area contributed by atoms with Gasteiger partial charge in [-0.3, -0.25) is 4.68 Å². The summed E-state index contributed by atoms with van der Waals surface area (Å²) in [6.45, 7) is 0.104. The summed E-state index contributed by atoms with van der Waals surface area (Å²) in [5, 5.41) is 14.0. The van der Waals surface area contributed by atoms with E-state index in [0.29, 0.717) is 5.92 Å². The molecule has 1 saturated carbocycles. The van der Waals surface area contributed by atoms with Crippen molar-refractivity contribution in [2.75, 3.05) is 6.61 Å². The fourth-order valence-corrected chi connectivity index (χ4v) is 4.88. The fraction of sp³-hybridized carbons (Fsp3) is 0.591. The third-order valence-corrected chi connectivity index (χ3v) is 6.57. The summed E-state index contributed by atoms with van der Waals surface area (Å²) in [5.74, 6) is 1.28. The first kappa shape index (κ1) is 17.7. The Hall–Kier alpha value is -1.65. The summed E-state index contributed by atoms with van der Waals surface area (Å²) in [5.41, 5.74) is 11.6. The van der Waals surface area contributed by atoms with Crippen LogP contribution in [0.2, 0.25) is 0 Å². The first-order chi connectivity index (χ1) is 12.5. The van der Waals surface area contributed by atoms with Crippen molar-refractivity contribution in [3.8, 4) is 0 Å². The van der Waals surface area contributed by atoms with Crippen LogP contribution >= 0.6 is 0 Å². The van der Waals surface area contributed by atoms with Crippen molar-refractivity contribution < 1.29 is 5.11 Å². The molecule has 3 atom stereocenters. The number of benzene rings is 1. The molecule has 2 aliphatic rings. The summed E-state index contributed by atoms with van der Waals surface area (Å²) in [4.78, 5) is 0. The predicted molar refractivity (Wildman–Crippen MR) is 104 cm³/mol. The fourth-order valence-electron chi connectivity index (χ4n) is 4.88. The Labute approximate surface area is 156 Å². The van der Waals surface area contributed by atoms with Gasteiger partial charge in [-0.1, -0.05) is 18.2 Å². The van der Waals surface area contributed by atoms with Crippen molar-refractivity contribution in [2.45, 2.75) is 62.8 Å². The summed E-state index contributed by atoms with van der Waals surface area (Å²) < 4.78 is 1.89. The van der Waals surface area contributed by atoms with Gasteiger partial charge in [0.2, 0.25) is 0 Å². The van der Waals surface area contributed by atoms with Crippen LogP contribution in [0, 0.1) is 5.92 Å². The van der Waals surface area contributed by atoms with Crippen molar-refractivity contribution in [1.29, 1.82) is 0 Å². The molecule has 140 valence electrons. The highest BCUT2D eigenvalue weighted by atomic mass is 16.3. The molecule has 2 aliphatic carbocycles. The third-order valence-electron chi connectivity index (χ3n) is 6.57. The highest BCUT2D eigenvalue weighted by Gasteiger charge is 2.36. The van der Waals surface area contributed by atoms with Gasteiger partial charge in [-0.15, -0.1) is 0 Å². The van der Waals surface area contributed by atoms with E-state index in [2.05, 4.69) is 29.4 Å². The van der Waals surface area contributed by atoms with Crippen molar-refractivity contribution >= 4 is 0 Å². The van der Waals surface area contributed by atoms with E-state index in [-0.39, 0.29) is 12.1 Å². The van der Waals surface area contributed by atoms with E-state index in [4.69, 9.17) is 5.73 Å². The van der Waals surface area contributed by atoms with Gasteiger partial charge in [-0.2, -0.15) is 5.10 Å². The van der Waals surface area contributed by atoms with Crippen molar-refractivity contribution in [1.82, 2.24) is 9.78 Å². The van der Waals surface area contributed by atoms with Crippen LogP contribution in [0.3, 0.4) is 0 Å². The molecule has 1 fully saturated rings. The molecule has 4 rings (SSSR count). The van der Waals surface area contributed by atoms with Crippen LogP contribution in [0.5, 0.6) is 0 Å². The van der Waals surface area contributed by atoms with Gasteiger partial charge in [0.1, 0.15) is 0 Å². The average molecular weight is 354 g/mol. The minimum Gasteiger partial charge on any atom is -0.394 e. The maximum atomic E-state index is 9.51. The molecule has 1 heterocycles. The van der Waals surface area contributed by atoms with Gasteiger partial charge in [-0.25, -0.2) is 0 Å². The maximum Gasteiger partial charge on any atom is 0.0624 e. The molecule has 0 bridgehead atoms. The summed E-state index contributed by atoms with van der Waals surface area (Å²) in [7, 11) is 1.98. The van der Waals surface area contributed by atoms with Crippen molar-refractivity contribution in [3.63, 3.8) is 0 Å². The molecule has 0 saturated heterocycles. The summed E-state index contributed by atoms with van der Waals surface area (Å²) >= 11 is 0. The summed E-state index contributed by atoms with van der Waals surface area (Å²) in [6, 6.07) is 9.23. The SMILES string of the molecule is Cn1ccc(CC[C@H]2CCc3cc([C@H]4CC[C@](N)(CO)C4)ccc3C2)n1. The minimum absolute atomic E-state index is 0.104. The predicted octanol–water partition coefficient (Wildman–Crippen LogP) is 3.12. The van der Waals surface area contributed by atoms with Crippen LogP contribution in [0.15, 0.2) is 30.5 Å². The topological polar surface area (TPSA) is 64.1 Å². The zero-order valence-corrected chi connectivity index (χ0v) is 15.8. The lowest BCUT2D eigenvalue weighted by molar-refractivity contribution is 0.198. The highest BCUT2D eigenvalue weighted by Crippen LogP contribution is 2.40. The molecule has 1 aromatic heterocycles. The molecule has 2 aromatic rings. The van der Waals surface area contributed by atoms with Gasteiger partial charge in [-0.05, 0) is 86.0 Å². The highest BCUT2D eigenvalue weighted by molar-refractivity contribution is 5.36. The minimum atomic E-state index is -0.364. The number of nitrogens with zero attached hydrogens (tertiary/aromatic N) is 2. The van der Waals surface area contributed by atoms with E-state index in [9.17, 15) is 5.11 Å². The van der Waals surface area contributed by atoms with Crippen LogP contribution in [0.4, 0.5) is 0 Å². The zero-order valence-electron chi connectivity index (χ0n) is 15.8. The second-order valence-electron chi connectivity index (χ2n) is 8.62. The van der Waals surface area contributed by atoms with Crippen LogP contribution in [0.25, 0.3) is 0 Å². The van der Waals surface area contributed by atoms with Crippen molar-refractivity contribution in [2.24, 2.45) is 18.7 Å². The Morgan fingerprint density at radius 3 is 2.88 bits per heavy atom. The largest absolute Gasteiger partial charge is 0.394 e. The normalized spacial score (nSPS) is 28.3.